The summed E-state index contributed by atoms with van der Waals surface area (Å²) < 4.78 is 20.2. The lowest BCUT2D eigenvalue weighted by molar-refractivity contribution is -0.257. The van der Waals surface area contributed by atoms with Crippen LogP contribution in [0, 0.1) is 5.82 Å². The Bertz CT molecular complexity index is 1460. The number of benzene rings is 1. The highest BCUT2D eigenvalue weighted by Crippen LogP contribution is 2.42. The lowest BCUT2D eigenvalue weighted by Gasteiger charge is -2.41. The first-order valence-corrected chi connectivity index (χ1v) is 13.1. The Hall–Kier alpha value is -4.56. The van der Waals surface area contributed by atoms with E-state index < -0.39 is 106 Å². The Labute approximate surface area is 255 Å². The molecule has 0 saturated carbocycles. The summed E-state index contributed by atoms with van der Waals surface area (Å²) in [6.45, 7) is 2.57. The molecule has 1 aromatic carbocycles. The number of hydrogen-bond donors (Lipinski definition) is 11. The third-order valence-electron chi connectivity index (χ3n) is 7.33. The van der Waals surface area contributed by atoms with Crippen LogP contribution >= 0.6 is 0 Å². The van der Waals surface area contributed by atoms with Crippen molar-refractivity contribution < 1.29 is 69.5 Å². The largest absolute Gasteiger partial charge is 0.507 e. The predicted octanol–water partition coefficient (Wildman–Crippen LogP) is -2.79. The Kier molecular flexibility index (Phi) is 10.3. The zero-order valence-electron chi connectivity index (χ0n) is 23.8. The lowest BCUT2D eigenvalue weighted by atomic mass is 9.72. The van der Waals surface area contributed by atoms with Gasteiger partial charge in [-0.3, -0.25) is 14.5 Å². The molecule has 17 nitrogen and oxygen atoms in total. The van der Waals surface area contributed by atoms with E-state index in [2.05, 4.69) is 11.9 Å². The van der Waals surface area contributed by atoms with Crippen LogP contribution in [0.1, 0.15) is 11.1 Å². The molecule has 2 saturated heterocycles. The van der Waals surface area contributed by atoms with Crippen molar-refractivity contribution in [3.8, 4) is 17.2 Å². The van der Waals surface area contributed by atoms with Crippen molar-refractivity contribution in [1.82, 2.24) is 20.4 Å². The molecule has 2 atom stereocenters. The number of likely N-dealkylation sites (tertiary alicyclic amines) is 1. The van der Waals surface area contributed by atoms with Crippen molar-refractivity contribution >= 4 is 25.9 Å². The minimum absolute atomic E-state index is 0.128. The van der Waals surface area contributed by atoms with Crippen molar-refractivity contribution in [1.29, 1.82) is 0 Å². The molecule has 2 heterocycles. The van der Waals surface area contributed by atoms with E-state index >= 15 is 0 Å². The lowest BCUT2D eigenvalue weighted by Crippen LogP contribution is -2.71. The number of hydrogen-bond acceptors (Lipinski definition) is 15. The van der Waals surface area contributed by atoms with E-state index in [1.807, 2.05) is 5.32 Å². The van der Waals surface area contributed by atoms with Crippen molar-refractivity contribution in [3.05, 3.63) is 52.1 Å². The number of nitrogens with one attached hydrogen (secondary N) is 2. The molecule has 0 spiro atoms. The van der Waals surface area contributed by atoms with E-state index in [4.69, 9.17) is 12.6 Å². The first kappa shape index (κ1) is 34.9. The maximum Gasteiger partial charge on any atom is 0.259 e. The maximum atomic E-state index is 15.0. The highest BCUT2D eigenvalue weighted by atomic mass is 19.1. The minimum atomic E-state index is -3.88. The van der Waals surface area contributed by atoms with Crippen LogP contribution in [0.5, 0.6) is 17.2 Å². The summed E-state index contributed by atoms with van der Waals surface area (Å²) in [6.07, 6.45) is -0.523. The first-order valence-electron chi connectivity index (χ1n) is 13.1. The van der Waals surface area contributed by atoms with Gasteiger partial charge in [-0.1, -0.05) is 6.58 Å². The van der Waals surface area contributed by atoms with Gasteiger partial charge in [0.05, 0.1) is 36.5 Å². The van der Waals surface area contributed by atoms with Crippen molar-refractivity contribution in [2.75, 3.05) is 39.9 Å². The number of amides is 2. The molecule has 244 valence electrons. The fourth-order valence-electron chi connectivity index (χ4n) is 4.73. The summed E-state index contributed by atoms with van der Waals surface area (Å²) in [5.41, 5.74) is -6.08. The quantitative estimate of drug-likeness (QED) is 0.0222. The van der Waals surface area contributed by atoms with Crippen LogP contribution in [0.15, 0.2) is 35.1 Å². The molecule has 2 radical (unpaired) electrons. The van der Waals surface area contributed by atoms with Crippen LogP contribution < -0.4 is 10.6 Å². The smallest absolute Gasteiger partial charge is 0.259 e. The number of aromatic hydroxyl groups is 3. The molecule has 3 rings (SSSR count). The van der Waals surface area contributed by atoms with Crippen LogP contribution in [0.2, 0.25) is 0 Å². The number of likely N-dealkylation sites (N-methyl/N-ethyl adjacent to an activating group) is 1. The van der Waals surface area contributed by atoms with Gasteiger partial charge in [-0.05, 0) is 0 Å². The van der Waals surface area contributed by atoms with Crippen LogP contribution in [-0.4, -0.2) is 139 Å². The number of phenolic OH excluding ortho intramolecular Hbond substituents is 3. The van der Waals surface area contributed by atoms with E-state index in [-0.39, 0.29) is 17.0 Å². The summed E-state index contributed by atoms with van der Waals surface area (Å²) in [7, 11) is 6.23. The molecular formula is C26H32BFN4O13. The number of ether oxygens (including phenoxy) is 1. The van der Waals surface area contributed by atoms with E-state index in [0.29, 0.717) is 26.3 Å². The number of rotatable bonds is 11. The zero-order valence-corrected chi connectivity index (χ0v) is 23.8. The van der Waals surface area contributed by atoms with E-state index in [9.17, 15) is 64.7 Å². The van der Waals surface area contributed by atoms with Gasteiger partial charge in [-0.2, -0.15) is 0 Å². The molecule has 19 heteroatoms. The van der Waals surface area contributed by atoms with Crippen LogP contribution in [-0.2, 0) is 32.2 Å². The predicted molar refractivity (Wildman–Crippen MR) is 149 cm³/mol. The number of morpholine rings is 1. The maximum absolute atomic E-state index is 15.0. The van der Waals surface area contributed by atoms with Gasteiger partial charge >= 0.3 is 0 Å². The number of aldehydes is 1. The summed E-state index contributed by atoms with van der Waals surface area (Å²) in [4.78, 5) is 39.4. The molecule has 2 amide bonds. The molecule has 2 fully saturated rings. The molecule has 0 bridgehead atoms. The molecule has 2 aliphatic rings. The summed E-state index contributed by atoms with van der Waals surface area (Å²) in [5, 5.41) is 97.9. The highest BCUT2D eigenvalue weighted by molar-refractivity contribution is 6.24. The topological polar surface area (TPSA) is 273 Å². The molecule has 2 aliphatic heterocycles. The average molecular weight is 638 g/mol. The Morgan fingerprint density at radius 1 is 1.11 bits per heavy atom. The average Bonchev–Trinajstić information content (AvgIpc) is 3.33. The number of aliphatic hydroxyl groups is 6. The second-order valence-electron chi connectivity index (χ2n) is 10.2. The summed E-state index contributed by atoms with van der Waals surface area (Å²) >= 11 is 0. The Morgan fingerprint density at radius 2 is 1.71 bits per heavy atom. The highest BCUT2D eigenvalue weighted by Gasteiger charge is 2.58. The third kappa shape index (κ3) is 6.47. The van der Waals surface area contributed by atoms with Crippen molar-refractivity contribution in [2.45, 2.75) is 30.4 Å². The van der Waals surface area contributed by atoms with Crippen LogP contribution in [0.4, 0.5) is 4.39 Å². The molecular weight excluding hydrogens is 606 g/mol. The monoisotopic (exact) mass is 638 g/mol. The van der Waals surface area contributed by atoms with E-state index in [1.165, 1.54) is 0 Å². The zero-order chi connectivity index (χ0) is 34.0. The molecule has 0 aliphatic carbocycles. The Balaban J connectivity index is 2.08. The molecule has 2 unspecified atom stereocenters. The number of nitrogens with zero attached hydrogens (tertiary/aromatic N) is 2. The van der Waals surface area contributed by atoms with E-state index in [0.717, 1.165) is 7.05 Å². The number of halogens is 1. The van der Waals surface area contributed by atoms with Gasteiger partial charge in [0.25, 0.3) is 5.91 Å². The third-order valence-corrected chi connectivity index (χ3v) is 7.33. The minimum Gasteiger partial charge on any atom is -0.507 e. The molecule has 11 N–H and O–H groups in total. The van der Waals surface area contributed by atoms with Crippen LogP contribution in [0.3, 0.4) is 0 Å². The molecule has 1 aromatic rings. The van der Waals surface area contributed by atoms with Crippen LogP contribution in [0.25, 0.3) is 0 Å². The summed E-state index contributed by atoms with van der Waals surface area (Å²) in [6, 6.07) is -2.59. The van der Waals surface area contributed by atoms with Crippen molar-refractivity contribution in [2.24, 2.45) is 0 Å². The Morgan fingerprint density at radius 3 is 2.24 bits per heavy atom. The second kappa shape index (κ2) is 13.2. The number of carbonyl (C=O) groups is 3. The van der Waals surface area contributed by atoms with E-state index in [1.54, 1.807) is 4.90 Å². The second-order valence-corrected chi connectivity index (χ2v) is 10.2. The van der Waals surface area contributed by atoms with Gasteiger partial charge in [0.2, 0.25) is 11.7 Å². The van der Waals surface area contributed by atoms with Gasteiger partial charge < -0.3 is 71.0 Å². The van der Waals surface area contributed by atoms with Gasteiger partial charge in [0.15, 0.2) is 40.8 Å². The fraction of sp³-hybridized carbons (Fsp3) is 0.423. The van der Waals surface area contributed by atoms with Gasteiger partial charge in [0, 0.05) is 38.8 Å². The normalized spacial score (nSPS) is 20.3. The molecule has 0 aromatic heterocycles. The fourth-order valence-corrected chi connectivity index (χ4v) is 4.73. The number of carbonyl (C=O) groups excluding carboxylic acids is 3. The van der Waals surface area contributed by atoms with Gasteiger partial charge in [0.1, 0.15) is 25.4 Å². The number of phenols is 3. The van der Waals surface area contributed by atoms with Crippen molar-refractivity contribution in [3.63, 3.8) is 0 Å². The molecule has 45 heavy (non-hydrogen) atoms. The standard InChI is InChI=1S/C26H32BFN4O13/c1-11(34)17(35)15-13(9-32(24(15)41)21(23(40)29-2)26(43,44)25(27,42)10-33)22(39)30-7-12-16(28)20(38)19(37)14(18(12)36)8-31-3-5-45-6-4-31/h10,21,30,34-39,42-44H,1,3-9H2,2H3,(H,29,40)/b17-15-,22-13-. The summed E-state index contributed by atoms with van der Waals surface area (Å²) in [5.74, 6) is -14.6. The van der Waals surface area contributed by atoms with Gasteiger partial charge in [-0.25, -0.2) is 4.39 Å². The SMILES string of the molecule is [B]C(O)(C=O)C(O)(O)C(C(=O)NC)N1CC(=C(/O)NCc2c(O)c(CN3CCOCC3)c(O)c(O)c2F)/C(=C(/O)C(=C)O)C1=O. The number of aliphatic hydroxyl groups excluding tert-OH is 3. The first-order chi connectivity index (χ1) is 20.9. The van der Waals surface area contributed by atoms with Gasteiger partial charge in [-0.15, -0.1) is 0 Å².